The van der Waals surface area contributed by atoms with Gasteiger partial charge in [-0.2, -0.15) is 0 Å². The molecule has 3 heterocycles. The van der Waals surface area contributed by atoms with Gasteiger partial charge in [-0.15, -0.1) is 0 Å². The lowest BCUT2D eigenvalue weighted by molar-refractivity contribution is 0.00940. The molecule has 1 aliphatic rings. The molecule has 0 aliphatic carbocycles. The second-order valence-electron chi connectivity index (χ2n) is 5.24. The number of rotatable bonds is 4. The fourth-order valence-corrected chi connectivity index (χ4v) is 2.36. The number of hydrogen-bond donors (Lipinski definition) is 1. The Morgan fingerprint density at radius 2 is 2.14 bits per heavy atom. The Morgan fingerprint density at radius 1 is 1.32 bits per heavy atom. The highest BCUT2D eigenvalue weighted by Gasteiger charge is 2.18. The summed E-state index contributed by atoms with van der Waals surface area (Å²) >= 11 is 0. The van der Waals surface area contributed by atoms with E-state index in [4.69, 9.17) is 9.15 Å². The van der Waals surface area contributed by atoms with Crippen LogP contribution in [0.3, 0.4) is 0 Å². The van der Waals surface area contributed by atoms with Crippen molar-refractivity contribution in [3.05, 3.63) is 41.6 Å². The molecule has 1 atom stereocenters. The summed E-state index contributed by atoms with van der Waals surface area (Å²) in [7, 11) is 0. The predicted molar refractivity (Wildman–Crippen MR) is 77.0 cm³/mol. The molecule has 2 aromatic heterocycles. The number of hydrogen-bond acceptors (Lipinski definition) is 6. The van der Waals surface area contributed by atoms with Crippen molar-refractivity contribution in [2.24, 2.45) is 0 Å². The lowest BCUT2D eigenvalue weighted by atomic mass is 10.1. The van der Waals surface area contributed by atoms with Gasteiger partial charge in [-0.1, -0.05) is 0 Å². The first kappa shape index (κ1) is 14.6. The molecule has 22 heavy (non-hydrogen) atoms. The SMILES string of the molecule is Cc1ocnc1C(=O)NCc1cnc([C@H]2CCCCO2)nc1. The van der Waals surface area contributed by atoms with E-state index in [2.05, 4.69) is 20.3 Å². The monoisotopic (exact) mass is 302 g/mol. The Hall–Kier alpha value is -2.28. The molecule has 1 N–H and O–H groups in total. The first-order valence-electron chi connectivity index (χ1n) is 7.35. The van der Waals surface area contributed by atoms with Crippen molar-refractivity contribution < 1.29 is 13.9 Å². The number of carbonyl (C=O) groups is 1. The van der Waals surface area contributed by atoms with Crippen LogP contribution in [-0.2, 0) is 11.3 Å². The second-order valence-corrected chi connectivity index (χ2v) is 5.24. The zero-order valence-electron chi connectivity index (χ0n) is 12.4. The van der Waals surface area contributed by atoms with Gasteiger partial charge in [-0.3, -0.25) is 4.79 Å². The van der Waals surface area contributed by atoms with Crippen LogP contribution in [0.5, 0.6) is 0 Å². The van der Waals surface area contributed by atoms with Crippen LogP contribution in [0.1, 0.15) is 53.0 Å². The van der Waals surface area contributed by atoms with E-state index in [1.54, 1.807) is 19.3 Å². The van der Waals surface area contributed by atoms with Crippen molar-refractivity contribution in [3.8, 4) is 0 Å². The van der Waals surface area contributed by atoms with Crippen molar-refractivity contribution in [2.45, 2.75) is 38.8 Å². The maximum atomic E-state index is 11.9. The maximum absolute atomic E-state index is 11.9. The third kappa shape index (κ3) is 3.30. The summed E-state index contributed by atoms with van der Waals surface area (Å²) in [5.41, 5.74) is 1.13. The minimum absolute atomic E-state index is 0.00447. The van der Waals surface area contributed by atoms with Crippen molar-refractivity contribution in [2.75, 3.05) is 6.61 Å². The number of ether oxygens (including phenoxy) is 1. The van der Waals surface area contributed by atoms with E-state index in [1.165, 1.54) is 6.39 Å². The first-order chi connectivity index (χ1) is 10.7. The largest absolute Gasteiger partial charge is 0.448 e. The van der Waals surface area contributed by atoms with E-state index < -0.39 is 0 Å². The summed E-state index contributed by atoms with van der Waals surface area (Å²) in [5, 5.41) is 2.77. The molecule has 0 unspecified atom stereocenters. The van der Waals surface area contributed by atoms with E-state index in [1.807, 2.05) is 0 Å². The second kappa shape index (κ2) is 6.65. The zero-order chi connectivity index (χ0) is 15.4. The molecule has 2 aromatic rings. The number of nitrogens with one attached hydrogen (secondary N) is 1. The van der Waals surface area contributed by atoms with E-state index in [0.29, 0.717) is 23.8 Å². The van der Waals surface area contributed by atoms with Gasteiger partial charge in [0.2, 0.25) is 0 Å². The van der Waals surface area contributed by atoms with Gasteiger partial charge < -0.3 is 14.5 Å². The van der Waals surface area contributed by atoms with Gasteiger partial charge in [0.1, 0.15) is 11.9 Å². The van der Waals surface area contributed by atoms with Gasteiger partial charge in [0.05, 0.1) is 0 Å². The summed E-state index contributed by atoms with van der Waals surface area (Å²) in [6.07, 6.45) is 7.89. The molecule has 1 amide bonds. The van der Waals surface area contributed by atoms with Crippen LogP contribution >= 0.6 is 0 Å². The maximum Gasteiger partial charge on any atom is 0.273 e. The molecule has 0 bridgehead atoms. The van der Waals surface area contributed by atoms with Gasteiger partial charge >= 0.3 is 0 Å². The van der Waals surface area contributed by atoms with Gasteiger partial charge in [0.25, 0.3) is 5.91 Å². The Kier molecular flexibility index (Phi) is 4.43. The average Bonchev–Trinajstić information content (AvgIpc) is 3.00. The molecule has 1 saturated heterocycles. The van der Waals surface area contributed by atoms with Crippen molar-refractivity contribution in [3.63, 3.8) is 0 Å². The van der Waals surface area contributed by atoms with E-state index in [9.17, 15) is 4.79 Å². The molecule has 7 heteroatoms. The number of aromatic nitrogens is 3. The predicted octanol–water partition coefficient (Wildman–Crippen LogP) is 1.94. The van der Waals surface area contributed by atoms with Crippen LogP contribution < -0.4 is 5.32 Å². The van der Waals surface area contributed by atoms with E-state index in [0.717, 1.165) is 31.4 Å². The first-order valence-corrected chi connectivity index (χ1v) is 7.35. The molecular weight excluding hydrogens is 284 g/mol. The fraction of sp³-hybridized carbons (Fsp3) is 0.467. The minimum Gasteiger partial charge on any atom is -0.448 e. The number of aryl methyl sites for hydroxylation is 1. The molecule has 0 saturated carbocycles. The molecule has 7 nitrogen and oxygen atoms in total. The fourth-order valence-electron chi connectivity index (χ4n) is 2.36. The van der Waals surface area contributed by atoms with Crippen LogP contribution in [0.2, 0.25) is 0 Å². The number of oxazole rings is 1. The van der Waals surface area contributed by atoms with Gasteiger partial charge in [0, 0.05) is 31.1 Å². The van der Waals surface area contributed by atoms with Crippen LogP contribution in [0, 0.1) is 6.92 Å². The normalized spacial score (nSPS) is 18.1. The number of nitrogens with zero attached hydrogens (tertiary/aromatic N) is 3. The molecule has 0 aromatic carbocycles. The van der Waals surface area contributed by atoms with Crippen LogP contribution in [0.4, 0.5) is 0 Å². The van der Waals surface area contributed by atoms with Gasteiger partial charge in [0.15, 0.2) is 17.9 Å². The number of amides is 1. The molecular formula is C15H18N4O3. The highest BCUT2D eigenvalue weighted by Crippen LogP contribution is 2.24. The van der Waals surface area contributed by atoms with Gasteiger partial charge in [-0.05, 0) is 26.2 Å². The average molecular weight is 302 g/mol. The summed E-state index contributed by atoms with van der Waals surface area (Å²) in [4.78, 5) is 24.5. The number of carbonyl (C=O) groups excluding carboxylic acids is 1. The van der Waals surface area contributed by atoms with Crippen molar-refractivity contribution in [1.29, 1.82) is 0 Å². The summed E-state index contributed by atoms with van der Waals surface area (Å²) in [6.45, 7) is 2.81. The molecule has 116 valence electrons. The minimum atomic E-state index is -0.272. The lowest BCUT2D eigenvalue weighted by Crippen LogP contribution is -2.24. The van der Waals surface area contributed by atoms with Crippen LogP contribution in [0.15, 0.2) is 23.2 Å². The van der Waals surface area contributed by atoms with E-state index in [-0.39, 0.29) is 12.0 Å². The van der Waals surface area contributed by atoms with Crippen molar-refractivity contribution in [1.82, 2.24) is 20.3 Å². The van der Waals surface area contributed by atoms with E-state index >= 15 is 0 Å². The Balaban J connectivity index is 1.57. The highest BCUT2D eigenvalue weighted by atomic mass is 16.5. The lowest BCUT2D eigenvalue weighted by Gasteiger charge is -2.21. The highest BCUT2D eigenvalue weighted by molar-refractivity contribution is 5.92. The topological polar surface area (TPSA) is 90.1 Å². The van der Waals surface area contributed by atoms with Crippen molar-refractivity contribution >= 4 is 5.91 Å². The molecule has 0 radical (unpaired) electrons. The third-order valence-corrected chi connectivity index (χ3v) is 3.61. The Morgan fingerprint density at radius 3 is 2.77 bits per heavy atom. The molecule has 0 spiro atoms. The standard InChI is InChI=1S/C15H18N4O3/c1-10-13(19-9-22-10)15(20)18-8-11-6-16-14(17-7-11)12-4-2-3-5-21-12/h6-7,9,12H,2-5,8H2,1H3,(H,18,20)/t12-/m1/s1. The summed E-state index contributed by atoms with van der Waals surface area (Å²) in [5.74, 6) is 0.937. The quantitative estimate of drug-likeness (QED) is 0.928. The molecule has 1 aliphatic heterocycles. The molecule has 1 fully saturated rings. The van der Waals surface area contributed by atoms with Gasteiger partial charge in [-0.25, -0.2) is 15.0 Å². The summed E-state index contributed by atoms with van der Waals surface area (Å²) < 4.78 is 10.7. The Labute approximate surface area is 128 Å². The zero-order valence-corrected chi connectivity index (χ0v) is 12.4. The Bertz CT molecular complexity index is 632. The van der Waals surface area contributed by atoms with Crippen LogP contribution in [0.25, 0.3) is 0 Å². The molecule has 3 rings (SSSR count). The summed E-state index contributed by atoms with van der Waals surface area (Å²) in [6, 6.07) is 0. The smallest absolute Gasteiger partial charge is 0.273 e. The third-order valence-electron chi connectivity index (χ3n) is 3.61. The van der Waals surface area contributed by atoms with Crippen LogP contribution in [-0.4, -0.2) is 27.5 Å².